The van der Waals surface area contributed by atoms with Gasteiger partial charge in [0.2, 0.25) is 0 Å². The van der Waals surface area contributed by atoms with E-state index in [-0.39, 0.29) is 0 Å². The Hall–Kier alpha value is -1.33. The second kappa shape index (κ2) is 5.81. The highest BCUT2D eigenvalue weighted by molar-refractivity contribution is 7.46. The Bertz CT molecular complexity index is 664. The number of H-pyrrole nitrogens is 1. The van der Waals surface area contributed by atoms with Gasteiger partial charge in [0.1, 0.15) is 18.3 Å². The van der Waals surface area contributed by atoms with Crippen molar-refractivity contribution in [1.82, 2.24) is 9.55 Å². The standard InChI is InChI=1S/C9H13N2O9P/c12-3-4-7(20-21(16,17)18)6(14)8(19-4)11-2-1-5(13)10-9(11)15/h1-2,4,6-8,12,14H,3H2,(H,10,13,15)(H2,16,17,18)/t4-,6-,7-,8?/m1/s1. The highest BCUT2D eigenvalue weighted by atomic mass is 31.2. The molecule has 1 aliphatic rings. The van der Waals surface area contributed by atoms with Gasteiger partial charge in [0.15, 0.2) is 6.23 Å². The largest absolute Gasteiger partial charge is 0.470 e. The molecule has 0 radical (unpaired) electrons. The van der Waals surface area contributed by atoms with E-state index in [0.717, 1.165) is 16.8 Å². The summed E-state index contributed by atoms with van der Waals surface area (Å²) in [5.41, 5.74) is -1.55. The molecule has 0 amide bonds. The molecule has 0 spiro atoms. The molecule has 1 aliphatic heterocycles. The summed E-state index contributed by atoms with van der Waals surface area (Å²) in [5, 5.41) is 19.1. The smallest absolute Gasteiger partial charge is 0.394 e. The van der Waals surface area contributed by atoms with Crippen molar-refractivity contribution in [3.63, 3.8) is 0 Å². The Balaban J connectivity index is 2.33. The number of hydrogen-bond acceptors (Lipinski definition) is 7. The fraction of sp³-hybridized carbons (Fsp3) is 0.556. The van der Waals surface area contributed by atoms with Crippen LogP contribution in [0, 0.1) is 0 Å². The van der Waals surface area contributed by atoms with Gasteiger partial charge < -0.3 is 24.7 Å². The Kier molecular flexibility index (Phi) is 4.44. The zero-order chi connectivity index (χ0) is 15.8. The van der Waals surface area contributed by atoms with E-state index in [1.54, 1.807) is 0 Å². The average molecular weight is 324 g/mol. The van der Waals surface area contributed by atoms with Crippen molar-refractivity contribution in [2.24, 2.45) is 0 Å². The van der Waals surface area contributed by atoms with Crippen molar-refractivity contribution in [2.75, 3.05) is 6.61 Å². The Labute approximate surface area is 116 Å². The van der Waals surface area contributed by atoms with Crippen molar-refractivity contribution in [3.05, 3.63) is 33.1 Å². The van der Waals surface area contributed by atoms with E-state index in [9.17, 15) is 19.3 Å². The van der Waals surface area contributed by atoms with E-state index in [1.165, 1.54) is 0 Å². The number of aromatic amines is 1. The van der Waals surface area contributed by atoms with Gasteiger partial charge in [-0.2, -0.15) is 0 Å². The number of aliphatic hydroxyl groups is 2. The Morgan fingerprint density at radius 3 is 2.62 bits per heavy atom. The zero-order valence-corrected chi connectivity index (χ0v) is 11.3. The molecule has 4 atom stereocenters. The average Bonchev–Trinajstić information content (AvgIpc) is 2.65. The van der Waals surface area contributed by atoms with Gasteiger partial charge in [-0.15, -0.1) is 0 Å². The monoisotopic (exact) mass is 324 g/mol. The Morgan fingerprint density at radius 1 is 1.43 bits per heavy atom. The molecule has 0 aliphatic carbocycles. The first-order valence-electron chi connectivity index (χ1n) is 5.73. The number of rotatable bonds is 4. The molecule has 2 rings (SSSR count). The molecule has 1 aromatic heterocycles. The minimum Gasteiger partial charge on any atom is -0.394 e. The fourth-order valence-corrected chi connectivity index (χ4v) is 2.59. The highest BCUT2D eigenvalue weighted by Crippen LogP contribution is 2.43. The topological polar surface area (TPSA) is 171 Å². The normalized spacial score (nSPS) is 29.7. The molecule has 5 N–H and O–H groups in total. The van der Waals surface area contributed by atoms with Crippen LogP contribution in [0.2, 0.25) is 0 Å². The van der Waals surface area contributed by atoms with Gasteiger partial charge in [-0.05, 0) is 0 Å². The van der Waals surface area contributed by atoms with Crippen LogP contribution in [-0.4, -0.2) is 54.5 Å². The maximum absolute atomic E-state index is 11.6. The molecule has 118 valence electrons. The first-order valence-corrected chi connectivity index (χ1v) is 7.26. The quantitative estimate of drug-likeness (QED) is 0.368. The predicted octanol–water partition coefficient (Wildman–Crippen LogP) is -2.73. The number of phosphoric acid groups is 1. The first-order chi connectivity index (χ1) is 9.73. The molecular formula is C9H13N2O9P. The summed E-state index contributed by atoms with van der Waals surface area (Å²) in [6, 6.07) is 1.00. The second-order valence-electron chi connectivity index (χ2n) is 4.32. The summed E-state index contributed by atoms with van der Waals surface area (Å²) in [6.07, 6.45) is -4.76. The number of hydrogen-bond donors (Lipinski definition) is 5. The van der Waals surface area contributed by atoms with Crippen LogP contribution >= 0.6 is 7.82 Å². The summed E-state index contributed by atoms with van der Waals surface area (Å²) in [5.74, 6) is 0. The molecule has 1 aromatic rings. The number of ether oxygens (including phenoxy) is 1. The van der Waals surface area contributed by atoms with Crippen molar-refractivity contribution in [3.8, 4) is 0 Å². The molecule has 1 unspecified atom stereocenters. The lowest BCUT2D eigenvalue weighted by molar-refractivity contribution is -0.0549. The summed E-state index contributed by atoms with van der Waals surface area (Å²) >= 11 is 0. The third-order valence-corrected chi connectivity index (χ3v) is 3.39. The molecule has 0 bridgehead atoms. The minimum atomic E-state index is -4.94. The van der Waals surface area contributed by atoms with Crippen LogP contribution < -0.4 is 11.2 Å². The number of phosphoric ester groups is 1. The van der Waals surface area contributed by atoms with Crippen LogP contribution in [0.25, 0.3) is 0 Å². The van der Waals surface area contributed by atoms with Crippen LogP contribution in [0.3, 0.4) is 0 Å². The number of nitrogens with zero attached hydrogens (tertiary/aromatic N) is 1. The van der Waals surface area contributed by atoms with E-state index < -0.39 is 50.2 Å². The predicted molar refractivity (Wildman–Crippen MR) is 65.2 cm³/mol. The number of nitrogens with one attached hydrogen (secondary N) is 1. The van der Waals surface area contributed by atoms with E-state index >= 15 is 0 Å². The van der Waals surface area contributed by atoms with Crippen LogP contribution in [0.5, 0.6) is 0 Å². The van der Waals surface area contributed by atoms with E-state index in [0.29, 0.717) is 0 Å². The number of aliphatic hydroxyl groups excluding tert-OH is 2. The van der Waals surface area contributed by atoms with E-state index in [4.69, 9.17) is 19.6 Å². The van der Waals surface area contributed by atoms with Gasteiger partial charge in [-0.25, -0.2) is 9.36 Å². The maximum Gasteiger partial charge on any atom is 0.470 e. The molecule has 0 aromatic carbocycles. The molecule has 11 nitrogen and oxygen atoms in total. The SMILES string of the molecule is O=c1ccn(C2O[C@H](CO)[C@@H](OP(=O)(O)O)[C@H]2O)c(=O)[nH]1. The second-order valence-corrected chi connectivity index (χ2v) is 5.51. The van der Waals surface area contributed by atoms with Gasteiger partial charge in [-0.3, -0.25) is 18.9 Å². The summed E-state index contributed by atoms with van der Waals surface area (Å²) < 4.78 is 21.2. The molecule has 1 saturated heterocycles. The highest BCUT2D eigenvalue weighted by Gasteiger charge is 2.48. The van der Waals surface area contributed by atoms with Crippen molar-refractivity contribution in [1.29, 1.82) is 0 Å². The van der Waals surface area contributed by atoms with Crippen LogP contribution in [0.15, 0.2) is 21.9 Å². The van der Waals surface area contributed by atoms with Crippen LogP contribution in [-0.2, 0) is 13.8 Å². The van der Waals surface area contributed by atoms with Gasteiger partial charge in [0.05, 0.1) is 6.61 Å². The summed E-state index contributed by atoms with van der Waals surface area (Å²) in [7, 11) is -4.94. The van der Waals surface area contributed by atoms with Crippen LogP contribution in [0.1, 0.15) is 6.23 Å². The summed E-state index contributed by atoms with van der Waals surface area (Å²) in [6.45, 7) is -0.698. The van der Waals surface area contributed by atoms with Crippen LogP contribution in [0.4, 0.5) is 0 Å². The third kappa shape index (κ3) is 3.47. The number of aromatic nitrogens is 2. The minimum absolute atomic E-state index is 0.662. The van der Waals surface area contributed by atoms with Crippen molar-refractivity contribution < 1.29 is 33.8 Å². The molecule has 0 saturated carbocycles. The van der Waals surface area contributed by atoms with E-state index in [2.05, 4.69) is 4.52 Å². The lowest BCUT2D eigenvalue weighted by Gasteiger charge is -2.20. The summed E-state index contributed by atoms with van der Waals surface area (Å²) in [4.78, 5) is 42.1. The first kappa shape index (κ1) is 16.0. The van der Waals surface area contributed by atoms with Gasteiger partial charge in [-0.1, -0.05) is 0 Å². The van der Waals surface area contributed by atoms with Gasteiger partial charge in [0, 0.05) is 12.3 Å². The fourth-order valence-electron chi connectivity index (χ4n) is 2.01. The van der Waals surface area contributed by atoms with Gasteiger partial charge in [0.25, 0.3) is 5.56 Å². The third-order valence-electron chi connectivity index (χ3n) is 2.87. The van der Waals surface area contributed by atoms with Gasteiger partial charge >= 0.3 is 13.5 Å². The zero-order valence-electron chi connectivity index (χ0n) is 10.4. The lowest BCUT2D eigenvalue weighted by atomic mass is 10.1. The van der Waals surface area contributed by atoms with Crippen molar-refractivity contribution >= 4 is 7.82 Å². The molecular weight excluding hydrogens is 311 g/mol. The van der Waals surface area contributed by atoms with Crippen molar-refractivity contribution in [2.45, 2.75) is 24.5 Å². The Morgan fingerprint density at radius 2 is 2.10 bits per heavy atom. The lowest BCUT2D eigenvalue weighted by Crippen LogP contribution is -2.38. The molecule has 1 fully saturated rings. The molecule has 21 heavy (non-hydrogen) atoms. The van der Waals surface area contributed by atoms with E-state index in [1.807, 2.05) is 4.98 Å². The molecule has 2 heterocycles. The maximum atomic E-state index is 11.6. The molecule has 12 heteroatoms.